The Kier molecular flexibility index (Phi) is 5.78. The first-order valence-corrected chi connectivity index (χ1v) is 9.45. The van der Waals surface area contributed by atoms with Crippen LogP contribution in [0.1, 0.15) is 18.1 Å². The van der Waals surface area contributed by atoms with Crippen LogP contribution in [0.15, 0.2) is 52.4 Å². The minimum absolute atomic E-state index is 0.100. The van der Waals surface area contributed by atoms with E-state index in [9.17, 15) is 35.9 Å². The van der Waals surface area contributed by atoms with Gasteiger partial charge >= 0.3 is 12.4 Å². The Bertz CT molecular complexity index is 1220. The standard InChI is InChI=1S/C19H13F6N3O2S/c1-9(15(26)29)31-17-27-13-5-3-2-4-11(13)16(30)28(17)14-8-10(18(20,21)22)6-7-12(14)19(23,24)25/h2-9H,1H3,(H2,26,29)/t9-/m0/s1. The minimum Gasteiger partial charge on any atom is -0.369 e. The normalized spacial score (nSPS) is 13.4. The van der Waals surface area contributed by atoms with E-state index in [-0.39, 0.29) is 29.1 Å². The number of nitrogens with two attached hydrogens (primary N) is 1. The minimum atomic E-state index is -5.07. The molecule has 1 heterocycles. The predicted octanol–water partition coefficient (Wildman–Crippen LogP) is 4.39. The Hall–Kier alpha value is -3.02. The third-order valence-corrected chi connectivity index (χ3v) is 5.37. The molecule has 0 bridgehead atoms. The summed E-state index contributed by atoms with van der Waals surface area (Å²) in [6.07, 6.45) is -10.0. The lowest BCUT2D eigenvalue weighted by molar-refractivity contribution is -0.141. The number of primary amides is 1. The topological polar surface area (TPSA) is 78.0 Å². The van der Waals surface area contributed by atoms with Crippen LogP contribution in [-0.4, -0.2) is 20.7 Å². The number of hydrogen-bond acceptors (Lipinski definition) is 4. The van der Waals surface area contributed by atoms with Crippen molar-refractivity contribution in [1.29, 1.82) is 0 Å². The summed E-state index contributed by atoms with van der Waals surface area (Å²) in [4.78, 5) is 28.7. The summed E-state index contributed by atoms with van der Waals surface area (Å²) in [6.45, 7) is 1.33. The van der Waals surface area contributed by atoms with Crippen molar-refractivity contribution in [1.82, 2.24) is 9.55 Å². The van der Waals surface area contributed by atoms with Crippen molar-refractivity contribution < 1.29 is 31.1 Å². The molecule has 0 fully saturated rings. The molecule has 2 N–H and O–H groups in total. The van der Waals surface area contributed by atoms with Gasteiger partial charge in [0.15, 0.2) is 5.16 Å². The molecular weight excluding hydrogens is 448 g/mol. The number of carbonyl (C=O) groups excluding carboxylic acids is 1. The molecule has 5 nitrogen and oxygen atoms in total. The number of para-hydroxylation sites is 1. The molecule has 31 heavy (non-hydrogen) atoms. The van der Waals surface area contributed by atoms with E-state index in [1.54, 1.807) is 0 Å². The molecule has 0 radical (unpaired) electrons. The number of hydrogen-bond donors (Lipinski definition) is 1. The molecule has 1 atom stereocenters. The van der Waals surface area contributed by atoms with E-state index in [2.05, 4.69) is 4.98 Å². The predicted molar refractivity (Wildman–Crippen MR) is 102 cm³/mol. The van der Waals surface area contributed by atoms with Gasteiger partial charge in [0.2, 0.25) is 5.91 Å². The van der Waals surface area contributed by atoms with Crippen LogP contribution in [-0.2, 0) is 17.1 Å². The number of carbonyl (C=O) groups is 1. The van der Waals surface area contributed by atoms with E-state index in [4.69, 9.17) is 5.73 Å². The van der Waals surface area contributed by atoms with Crippen molar-refractivity contribution in [2.45, 2.75) is 29.7 Å². The fourth-order valence-electron chi connectivity index (χ4n) is 2.75. The van der Waals surface area contributed by atoms with Gasteiger partial charge in [-0.15, -0.1) is 0 Å². The zero-order valence-corrected chi connectivity index (χ0v) is 16.4. The van der Waals surface area contributed by atoms with Gasteiger partial charge in [0.25, 0.3) is 5.56 Å². The van der Waals surface area contributed by atoms with Gasteiger partial charge in [-0.2, -0.15) is 26.3 Å². The van der Waals surface area contributed by atoms with Crippen LogP contribution in [0.4, 0.5) is 26.3 Å². The van der Waals surface area contributed by atoms with Crippen LogP contribution in [0.25, 0.3) is 16.6 Å². The van der Waals surface area contributed by atoms with Crippen LogP contribution in [0, 0.1) is 0 Å². The van der Waals surface area contributed by atoms with E-state index >= 15 is 0 Å². The van der Waals surface area contributed by atoms with Crippen LogP contribution in [0.5, 0.6) is 0 Å². The lowest BCUT2D eigenvalue weighted by atomic mass is 10.1. The summed E-state index contributed by atoms with van der Waals surface area (Å²) in [6, 6.07) is 6.43. The van der Waals surface area contributed by atoms with Gasteiger partial charge in [0, 0.05) is 0 Å². The molecule has 164 valence electrons. The Morgan fingerprint density at radius 1 is 1.06 bits per heavy atom. The molecule has 3 aromatic rings. The van der Waals surface area contributed by atoms with Gasteiger partial charge in [0.05, 0.1) is 33.0 Å². The smallest absolute Gasteiger partial charge is 0.369 e. The molecular formula is C19H13F6N3O2S. The summed E-state index contributed by atoms with van der Waals surface area (Å²) in [5, 5.41) is -1.54. The third kappa shape index (κ3) is 4.53. The lowest BCUT2D eigenvalue weighted by Crippen LogP contribution is -2.28. The van der Waals surface area contributed by atoms with E-state index in [1.165, 1.54) is 31.2 Å². The summed E-state index contributed by atoms with van der Waals surface area (Å²) >= 11 is 0.564. The van der Waals surface area contributed by atoms with Crippen molar-refractivity contribution in [3.63, 3.8) is 0 Å². The van der Waals surface area contributed by atoms with Crippen LogP contribution in [0.3, 0.4) is 0 Å². The first kappa shape index (κ1) is 22.7. The Morgan fingerprint density at radius 2 is 1.71 bits per heavy atom. The maximum Gasteiger partial charge on any atom is 0.418 e. The molecule has 0 aliphatic carbocycles. The summed E-state index contributed by atoms with van der Waals surface area (Å²) in [5.41, 5.74) is 0.386. The molecule has 1 aromatic heterocycles. The van der Waals surface area contributed by atoms with Crippen molar-refractivity contribution in [3.8, 4) is 5.69 Å². The monoisotopic (exact) mass is 461 g/mol. The second-order valence-corrected chi connectivity index (χ2v) is 7.75. The highest BCUT2D eigenvalue weighted by Crippen LogP contribution is 2.39. The molecule has 12 heteroatoms. The molecule has 3 rings (SSSR count). The highest BCUT2D eigenvalue weighted by atomic mass is 32.2. The van der Waals surface area contributed by atoms with Gasteiger partial charge in [-0.25, -0.2) is 4.98 Å². The number of rotatable bonds is 4. The van der Waals surface area contributed by atoms with Gasteiger partial charge in [-0.3, -0.25) is 14.2 Å². The first-order chi connectivity index (χ1) is 14.3. The molecule has 0 saturated carbocycles. The number of amides is 1. The third-order valence-electron chi connectivity index (χ3n) is 4.30. The Labute approximate surface area is 174 Å². The fraction of sp³-hybridized carbons (Fsp3) is 0.211. The molecule has 0 spiro atoms. The fourth-order valence-corrected chi connectivity index (χ4v) is 3.62. The maximum absolute atomic E-state index is 13.6. The molecule has 0 aliphatic heterocycles. The van der Waals surface area contributed by atoms with Crippen LogP contribution < -0.4 is 11.3 Å². The van der Waals surface area contributed by atoms with E-state index in [1.807, 2.05) is 0 Å². The molecule has 0 aliphatic rings. The van der Waals surface area contributed by atoms with Crippen molar-refractivity contribution >= 4 is 28.6 Å². The van der Waals surface area contributed by atoms with E-state index < -0.39 is 51.0 Å². The van der Waals surface area contributed by atoms with Crippen molar-refractivity contribution in [2.75, 3.05) is 0 Å². The Morgan fingerprint density at radius 3 is 2.29 bits per heavy atom. The summed E-state index contributed by atoms with van der Waals surface area (Å²) in [5.74, 6) is -0.848. The van der Waals surface area contributed by atoms with E-state index in [0.29, 0.717) is 16.3 Å². The van der Waals surface area contributed by atoms with Gasteiger partial charge < -0.3 is 5.73 Å². The average molecular weight is 461 g/mol. The highest BCUT2D eigenvalue weighted by Gasteiger charge is 2.38. The quantitative estimate of drug-likeness (QED) is 0.355. The number of aromatic nitrogens is 2. The van der Waals surface area contributed by atoms with Gasteiger partial charge in [-0.1, -0.05) is 23.9 Å². The van der Waals surface area contributed by atoms with E-state index in [0.717, 1.165) is 0 Å². The van der Waals surface area contributed by atoms with Gasteiger partial charge in [0.1, 0.15) is 0 Å². The van der Waals surface area contributed by atoms with Crippen molar-refractivity contribution in [2.24, 2.45) is 5.73 Å². The summed E-state index contributed by atoms with van der Waals surface area (Å²) < 4.78 is 81.0. The second kappa shape index (κ2) is 7.91. The second-order valence-electron chi connectivity index (χ2n) is 6.44. The number of nitrogens with zero attached hydrogens (tertiary/aromatic N) is 2. The number of thioether (sulfide) groups is 1. The summed E-state index contributed by atoms with van der Waals surface area (Å²) in [7, 11) is 0. The molecule has 0 unspecified atom stereocenters. The maximum atomic E-state index is 13.6. The largest absolute Gasteiger partial charge is 0.418 e. The van der Waals surface area contributed by atoms with Crippen LogP contribution in [0.2, 0.25) is 0 Å². The molecule has 0 saturated heterocycles. The lowest BCUT2D eigenvalue weighted by Gasteiger charge is -2.20. The number of fused-ring (bicyclic) bond motifs is 1. The van der Waals surface area contributed by atoms with Crippen molar-refractivity contribution in [3.05, 3.63) is 63.9 Å². The first-order valence-electron chi connectivity index (χ1n) is 8.57. The Balaban J connectivity index is 2.44. The molecule has 1 amide bonds. The molecule has 2 aromatic carbocycles. The zero-order valence-electron chi connectivity index (χ0n) is 15.6. The number of alkyl halides is 6. The van der Waals surface area contributed by atoms with Gasteiger partial charge in [-0.05, 0) is 37.3 Å². The SMILES string of the molecule is C[C@H](Sc1nc2ccccc2c(=O)n1-c1cc(C(F)(F)F)ccc1C(F)(F)F)C(N)=O. The van der Waals surface area contributed by atoms with Crippen LogP contribution >= 0.6 is 11.8 Å². The number of benzene rings is 2. The number of halogens is 6. The highest BCUT2D eigenvalue weighted by molar-refractivity contribution is 8.00. The average Bonchev–Trinajstić information content (AvgIpc) is 2.66. The zero-order chi connectivity index (χ0) is 23.1.